The third-order valence-electron chi connectivity index (χ3n) is 7.47. The summed E-state index contributed by atoms with van der Waals surface area (Å²) in [4.78, 5) is 35.0. The van der Waals surface area contributed by atoms with Crippen LogP contribution in [0.3, 0.4) is 0 Å². The summed E-state index contributed by atoms with van der Waals surface area (Å²) in [5, 5.41) is 3.37. The van der Waals surface area contributed by atoms with E-state index in [4.69, 9.17) is 4.42 Å². The van der Waals surface area contributed by atoms with E-state index in [0.29, 0.717) is 28.9 Å². The molecule has 8 nitrogen and oxygen atoms in total. The highest BCUT2D eigenvalue weighted by atomic mass is 32.2. The van der Waals surface area contributed by atoms with Crippen molar-refractivity contribution in [1.29, 1.82) is 0 Å². The van der Waals surface area contributed by atoms with Gasteiger partial charge in [0.2, 0.25) is 5.91 Å². The van der Waals surface area contributed by atoms with E-state index >= 15 is 0 Å². The lowest BCUT2D eigenvalue weighted by Gasteiger charge is -2.26. The average molecular weight is 626 g/mol. The quantitative estimate of drug-likeness (QED) is 0.165. The third-order valence-corrected chi connectivity index (χ3v) is 8.23. The Hall–Kier alpha value is -4.88. The van der Waals surface area contributed by atoms with Crippen LogP contribution in [-0.4, -0.2) is 60.1 Å². The van der Waals surface area contributed by atoms with Crippen molar-refractivity contribution in [2.75, 3.05) is 37.7 Å². The number of rotatable bonds is 6. The van der Waals surface area contributed by atoms with E-state index in [9.17, 15) is 14.0 Å². The molecule has 0 unspecified atom stereocenters. The Labute approximate surface area is 267 Å². The number of nitrogens with one attached hydrogen (secondary N) is 1. The number of fused-ring (bicyclic) bond motifs is 2. The van der Waals surface area contributed by atoms with Crippen molar-refractivity contribution in [3.8, 4) is 24.2 Å². The van der Waals surface area contributed by atoms with E-state index in [-0.39, 0.29) is 17.6 Å². The van der Waals surface area contributed by atoms with Crippen molar-refractivity contribution >= 4 is 51.5 Å². The van der Waals surface area contributed by atoms with Gasteiger partial charge in [0.15, 0.2) is 0 Å². The molecule has 0 aliphatic carbocycles. The van der Waals surface area contributed by atoms with Crippen molar-refractivity contribution in [3.63, 3.8) is 0 Å². The number of hydrogen-bond acceptors (Lipinski definition) is 7. The minimum Gasteiger partial charge on any atom is -0.455 e. The van der Waals surface area contributed by atoms with Gasteiger partial charge in [0, 0.05) is 62.9 Å². The average Bonchev–Trinajstić information content (AvgIpc) is 3.48. The molecule has 232 valence electrons. The largest absolute Gasteiger partial charge is 0.455 e. The molecule has 0 radical (unpaired) electrons. The number of hydrogen-bond donors (Lipinski definition) is 1. The fraction of sp³-hybridized carbons (Fsp3) is 0.257. The maximum Gasteiger partial charge on any atom is 0.255 e. The monoisotopic (exact) mass is 625 g/mol. The van der Waals surface area contributed by atoms with Crippen molar-refractivity contribution in [3.05, 3.63) is 90.0 Å². The van der Waals surface area contributed by atoms with E-state index in [1.165, 1.54) is 18.6 Å². The Kier molecular flexibility index (Phi) is 11.5. The molecule has 0 bridgehead atoms. The van der Waals surface area contributed by atoms with E-state index in [1.807, 2.05) is 58.9 Å². The molecule has 2 aromatic heterocycles. The first kappa shape index (κ1) is 33.0. The van der Waals surface area contributed by atoms with Crippen LogP contribution in [-0.2, 0) is 11.2 Å². The Balaban J connectivity index is 0.000000199. The standard InChI is InChI=1S/C18H17FN2O2S.C15H17N3O.C2H2/c1-20-18(22)16-14-9-8-13(21(2)24-3)10-15(14)23-17(16)11-4-6-12(19)7-5-11;19-15(18-8-2-1-3-9-18)11-12-4-5-13-14(10-12)17-7-6-16-13;1-2/h4-10H,1-3H3,(H,20,22);4-7,10H,1-3,8-9,11H2;1-2H. The van der Waals surface area contributed by atoms with Gasteiger partial charge >= 0.3 is 0 Å². The van der Waals surface area contributed by atoms with Crippen LogP contribution in [0.25, 0.3) is 33.3 Å². The fourth-order valence-corrected chi connectivity index (χ4v) is 5.41. The highest BCUT2D eigenvalue weighted by Gasteiger charge is 2.22. The third kappa shape index (κ3) is 7.99. The van der Waals surface area contributed by atoms with Gasteiger partial charge < -0.3 is 18.9 Å². The SMILES string of the molecule is C#C.CNC(=O)c1c(-c2ccc(F)cc2)oc2cc(N(C)SC)ccc12.O=C(Cc1ccc2nccnc2c1)N1CCCCC1. The minimum atomic E-state index is -0.333. The molecule has 1 N–H and O–H groups in total. The Morgan fingerprint density at radius 2 is 1.67 bits per heavy atom. The smallest absolute Gasteiger partial charge is 0.255 e. The molecule has 1 aliphatic rings. The molecule has 1 aliphatic heterocycles. The molecule has 3 aromatic carbocycles. The maximum atomic E-state index is 13.2. The normalized spacial score (nSPS) is 12.4. The molecular formula is C35H36FN5O3S. The second-order valence-electron chi connectivity index (χ2n) is 10.3. The van der Waals surface area contributed by atoms with Gasteiger partial charge in [0.25, 0.3) is 5.91 Å². The van der Waals surface area contributed by atoms with Gasteiger partial charge in [-0.1, -0.05) is 18.0 Å². The number of furan rings is 1. The first-order chi connectivity index (χ1) is 21.9. The number of amides is 2. The molecule has 1 fully saturated rings. The van der Waals surface area contributed by atoms with E-state index in [2.05, 4.69) is 28.1 Å². The summed E-state index contributed by atoms with van der Waals surface area (Å²) in [6.07, 6.45) is 17.3. The van der Waals surface area contributed by atoms with Crippen LogP contribution >= 0.6 is 11.9 Å². The number of carbonyl (C=O) groups is 2. The van der Waals surface area contributed by atoms with Crippen LogP contribution < -0.4 is 9.62 Å². The molecule has 0 saturated carbocycles. The number of aromatic nitrogens is 2. The molecule has 45 heavy (non-hydrogen) atoms. The van der Waals surface area contributed by atoms with Crippen LogP contribution in [0.1, 0.15) is 35.2 Å². The van der Waals surface area contributed by atoms with Crippen LogP contribution in [0.4, 0.5) is 10.1 Å². The number of likely N-dealkylation sites (tertiary alicyclic amines) is 1. The predicted octanol–water partition coefficient (Wildman–Crippen LogP) is 6.75. The second-order valence-corrected chi connectivity index (χ2v) is 11.2. The zero-order valence-corrected chi connectivity index (χ0v) is 26.4. The van der Waals surface area contributed by atoms with Crippen LogP contribution in [0, 0.1) is 18.7 Å². The van der Waals surface area contributed by atoms with Crippen LogP contribution in [0.5, 0.6) is 0 Å². The van der Waals surface area contributed by atoms with E-state index in [1.54, 1.807) is 43.5 Å². The lowest BCUT2D eigenvalue weighted by atomic mass is 10.0. The van der Waals surface area contributed by atoms with E-state index < -0.39 is 0 Å². The van der Waals surface area contributed by atoms with Crippen molar-refractivity contribution in [1.82, 2.24) is 20.2 Å². The van der Waals surface area contributed by atoms with Gasteiger partial charge in [-0.25, -0.2) is 4.39 Å². The number of piperidine rings is 1. The minimum absolute atomic E-state index is 0.225. The van der Waals surface area contributed by atoms with Crippen molar-refractivity contribution in [2.24, 2.45) is 0 Å². The van der Waals surface area contributed by atoms with Gasteiger partial charge in [0.1, 0.15) is 17.2 Å². The Morgan fingerprint density at radius 1 is 0.978 bits per heavy atom. The highest BCUT2D eigenvalue weighted by Crippen LogP contribution is 2.36. The molecule has 2 amide bonds. The Morgan fingerprint density at radius 3 is 2.33 bits per heavy atom. The topological polar surface area (TPSA) is 91.6 Å². The number of halogens is 1. The zero-order valence-electron chi connectivity index (χ0n) is 25.6. The van der Waals surface area contributed by atoms with Gasteiger partial charge in [0.05, 0.1) is 28.7 Å². The molecule has 5 aromatic rings. The number of nitrogens with zero attached hydrogens (tertiary/aromatic N) is 4. The fourth-order valence-electron chi connectivity index (χ4n) is 5.09. The second kappa shape index (κ2) is 15.7. The first-order valence-electron chi connectivity index (χ1n) is 14.5. The highest BCUT2D eigenvalue weighted by molar-refractivity contribution is 7.99. The van der Waals surface area contributed by atoms with Gasteiger partial charge in [-0.2, -0.15) is 0 Å². The zero-order chi connectivity index (χ0) is 32.3. The summed E-state index contributed by atoms with van der Waals surface area (Å²) in [6, 6.07) is 17.5. The van der Waals surface area contributed by atoms with Gasteiger partial charge in [-0.15, -0.1) is 12.8 Å². The number of benzene rings is 3. The molecule has 3 heterocycles. The number of anilines is 1. The molecule has 6 rings (SSSR count). The summed E-state index contributed by atoms with van der Waals surface area (Å²) in [5.74, 6) is 0.0931. The summed E-state index contributed by atoms with van der Waals surface area (Å²) in [5.41, 5.74) is 5.44. The van der Waals surface area contributed by atoms with Crippen molar-refractivity contribution in [2.45, 2.75) is 25.7 Å². The van der Waals surface area contributed by atoms with Gasteiger partial charge in [-0.05, 0) is 73.4 Å². The molecule has 0 atom stereocenters. The first-order valence-corrected chi connectivity index (χ1v) is 15.7. The molecule has 0 spiro atoms. The van der Waals surface area contributed by atoms with Crippen LogP contribution in [0.15, 0.2) is 77.5 Å². The molecule has 10 heteroatoms. The lowest BCUT2D eigenvalue weighted by molar-refractivity contribution is -0.131. The predicted molar refractivity (Wildman–Crippen MR) is 180 cm³/mol. The van der Waals surface area contributed by atoms with E-state index in [0.717, 1.165) is 53.6 Å². The molecular weight excluding hydrogens is 589 g/mol. The summed E-state index contributed by atoms with van der Waals surface area (Å²) in [6.45, 7) is 1.82. The lowest BCUT2D eigenvalue weighted by Crippen LogP contribution is -2.36. The number of terminal acetylenes is 1. The maximum absolute atomic E-state index is 13.2. The summed E-state index contributed by atoms with van der Waals surface area (Å²) >= 11 is 1.58. The summed E-state index contributed by atoms with van der Waals surface area (Å²) < 4.78 is 21.2. The Bertz CT molecular complexity index is 1780. The summed E-state index contributed by atoms with van der Waals surface area (Å²) in [7, 11) is 3.53. The van der Waals surface area contributed by atoms with Crippen molar-refractivity contribution < 1.29 is 18.4 Å². The van der Waals surface area contributed by atoms with Crippen LogP contribution in [0.2, 0.25) is 0 Å². The van der Waals surface area contributed by atoms with Gasteiger partial charge in [-0.3, -0.25) is 19.6 Å². The number of carbonyl (C=O) groups excluding carboxylic acids is 2. The molecule has 1 saturated heterocycles.